The highest BCUT2D eigenvalue weighted by atomic mass is 16.5. The molecule has 1 saturated heterocycles. The van der Waals surface area contributed by atoms with Gasteiger partial charge in [-0.2, -0.15) is 0 Å². The molecule has 4 heteroatoms. The van der Waals surface area contributed by atoms with Gasteiger partial charge in [-0.15, -0.1) is 0 Å². The molecular formula is C17H29N3O. The fraction of sp³-hybridized carbons (Fsp3) is 0.706. The van der Waals surface area contributed by atoms with E-state index in [0.717, 1.165) is 50.5 Å². The van der Waals surface area contributed by atoms with Gasteiger partial charge in [0.1, 0.15) is 5.82 Å². The van der Waals surface area contributed by atoms with Gasteiger partial charge in [-0.3, -0.25) is 0 Å². The third-order valence-corrected chi connectivity index (χ3v) is 4.55. The monoisotopic (exact) mass is 291 g/mol. The molecule has 1 aromatic rings. The van der Waals surface area contributed by atoms with E-state index < -0.39 is 0 Å². The quantitative estimate of drug-likeness (QED) is 0.867. The van der Waals surface area contributed by atoms with E-state index in [1.54, 1.807) is 0 Å². The van der Waals surface area contributed by atoms with Crippen molar-refractivity contribution in [1.29, 1.82) is 0 Å². The molecule has 0 radical (unpaired) electrons. The van der Waals surface area contributed by atoms with Gasteiger partial charge in [-0.1, -0.05) is 6.92 Å². The molecule has 1 fully saturated rings. The van der Waals surface area contributed by atoms with Gasteiger partial charge >= 0.3 is 0 Å². The molecule has 0 saturated carbocycles. The summed E-state index contributed by atoms with van der Waals surface area (Å²) in [5.74, 6) is 1.05. The van der Waals surface area contributed by atoms with Gasteiger partial charge in [-0.05, 0) is 52.2 Å². The van der Waals surface area contributed by atoms with Gasteiger partial charge in [0, 0.05) is 25.7 Å². The van der Waals surface area contributed by atoms with Gasteiger partial charge in [0.05, 0.1) is 17.5 Å². The van der Waals surface area contributed by atoms with Crippen molar-refractivity contribution in [3.8, 4) is 0 Å². The Balaban J connectivity index is 1.97. The molecule has 0 aliphatic carbocycles. The number of anilines is 2. The van der Waals surface area contributed by atoms with Gasteiger partial charge in [-0.25, -0.2) is 4.98 Å². The lowest BCUT2D eigenvalue weighted by Gasteiger charge is -2.38. The molecule has 118 valence electrons. The Morgan fingerprint density at radius 3 is 2.67 bits per heavy atom. The first-order valence-electron chi connectivity index (χ1n) is 8.21. The van der Waals surface area contributed by atoms with Crippen molar-refractivity contribution in [3.05, 3.63) is 18.3 Å². The Morgan fingerprint density at radius 1 is 1.33 bits per heavy atom. The molecule has 21 heavy (non-hydrogen) atoms. The van der Waals surface area contributed by atoms with Crippen molar-refractivity contribution in [2.45, 2.75) is 58.6 Å². The van der Waals surface area contributed by atoms with Crippen LogP contribution in [0.15, 0.2) is 18.3 Å². The SMILES string of the molecule is CCN(CC)c1ccc(NC2CCOC(C)(CC)C2)cn1. The zero-order valence-corrected chi connectivity index (χ0v) is 13.9. The van der Waals surface area contributed by atoms with Gasteiger partial charge in [0.15, 0.2) is 0 Å². The van der Waals surface area contributed by atoms with E-state index in [1.807, 2.05) is 6.20 Å². The van der Waals surface area contributed by atoms with E-state index in [9.17, 15) is 0 Å². The van der Waals surface area contributed by atoms with E-state index in [2.05, 4.69) is 55.0 Å². The van der Waals surface area contributed by atoms with E-state index in [-0.39, 0.29) is 5.60 Å². The van der Waals surface area contributed by atoms with Crippen molar-refractivity contribution < 1.29 is 4.74 Å². The Kier molecular flexibility index (Phi) is 5.45. The minimum Gasteiger partial charge on any atom is -0.381 e. The third kappa shape index (κ3) is 4.10. The van der Waals surface area contributed by atoms with Crippen LogP contribution in [0.25, 0.3) is 0 Å². The van der Waals surface area contributed by atoms with Crippen LogP contribution in [0.4, 0.5) is 11.5 Å². The summed E-state index contributed by atoms with van der Waals surface area (Å²) in [4.78, 5) is 6.83. The van der Waals surface area contributed by atoms with Crippen LogP contribution < -0.4 is 10.2 Å². The Labute approximate surface area is 128 Å². The standard InChI is InChI=1S/C17H29N3O/c1-5-17(4)12-14(10-11-21-17)19-15-8-9-16(18-13-15)20(6-2)7-3/h8-9,13-14,19H,5-7,10-12H2,1-4H3. The number of rotatable bonds is 6. The van der Waals surface area contributed by atoms with Crippen molar-refractivity contribution in [1.82, 2.24) is 4.98 Å². The molecule has 0 amide bonds. The van der Waals surface area contributed by atoms with Crippen LogP contribution in [0.2, 0.25) is 0 Å². The number of nitrogens with zero attached hydrogens (tertiary/aromatic N) is 2. The first-order chi connectivity index (χ1) is 10.1. The molecule has 2 heterocycles. The zero-order chi connectivity index (χ0) is 15.3. The Hall–Kier alpha value is -1.29. The van der Waals surface area contributed by atoms with Crippen molar-refractivity contribution >= 4 is 11.5 Å². The van der Waals surface area contributed by atoms with Gasteiger partial charge in [0.25, 0.3) is 0 Å². The third-order valence-electron chi connectivity index (χ3n) is 4.55. The summed E-state index contributed by atoms with van der Waals surface area (Å²) >= 11 is 0. The lowest BCUT2D eigenvalue weighted by molar-refractivity contribution is -0.0708. The van der Waals surface area contributed by atoms with Crippen LogP contribution in [0.1, 0.15) is 47.0 Å². The molecule has 0 bridgehead atoms. The molecule has 2 unspecified atom stereocenters. The second-order valence-electron chi connectivity index (χ2n) is 6.06. The lowest BCUT2D eigenvalue weighted by atomic mass is 9.90. The van der Waals surface area contributed by atoms with E-state index >= 15 is 0 Å². The maximum Gasteiger partial charge on any atom is 0.128 e. The minimum absolute atomic E-state index is 0.0184. The highest BCUT2D eigenvalue weighted by Gasteiger charge is 2.31. The fourth-order valence-corrected chi connectivity index (χ4v) is 2.94. The van der Waals surface area contributed by atoms with Crippen LogP contribution in [-0.2, 0) is 4.74 Å². The normalized spacial score (nSPS) is 25.6. The Morgan fingerprint density at radius 2 is 2.10 bits per heavy atom. The fourth-order valence-electron chi connectivity index (χ4n) is 2.94. The maximum absolute atomic E-state index is 5.90. The first kappa shape index (κ1) is 16.1. The summed E-state index contributed by atoms with van der Waals surface area (Å²) in [6.07, 6.45) is 5.13. The number of pyridine rings is 1. The van der Waals surface area contributed by atoms with Crippen LogP contribution in [0, 0.1) is 0 Å². The minimum atomic E-state index is 0.0184. The molecule has 0 aromatic carbocycles. The molecule has 1 N–H and O–H groups in total. The van der Waals surface area contributed by atoms with Gasteiger partial charge < -0.3 is 15.0 Å². The molecule has 4 nitrogen and oxygen atoms in total. The molecule has 1 aliphatic heterocycles. The second kappa shape index (κ2) is 7.12. The van der Waals surface area contributed by atoms with Crippen LogP contribution in [0.5, 0.6) is 0 Å². The average molecular weight is 291 g/mol. The van der Waals surface area contributed by atoms with Crippen LogP contribution >= 0.6 is 0 Å². The van der Waals surface area contributed by atoms with Crippen molar-refractivity contribution in [3.63, 3.8) is 0 Å². The summed E-state index contributed by atoms with van der Waals surface area (Å²) in [5, 5.41) is 3.61. The molecule has 2 rings (SSSR count). The summed E-state index contributed by atoms with van der Waals surface area (Å²) in [5.41, 5.74) is 1.13. The highest BCUT2D eigenvalue weighted by Crippen LogP contribution is 2.29. The number of hydrogen-bond donors (Lipinski definition) is 1. The smallest absolute Gasteiger partial charge is 0.128 e. The highest BCUT2D eigenvalue weighted by molar-refractivity contribution is 5.49. The number of hydrogen-bond acceptors (Lipinski definition) is 4. The summed E-state index contributed by atoms with van der Waals surface area (Å²) < 4.78 is 5.90. The number of nitrogens with one attached hydrogen (secondary N) is 1. The molecule has 0 spiro atoms. The summed E-state index contributed by atoms with van der Waals surface area (Å²) in [6.45, 7) is 11.5. The molecule has 1 aromatic heterocycles. The van der Waals surface area contributed by atoms with Crippen LogP contribution in [0.3, 0.4) is 0 Å². The Bertz CT molecular complexity index is 430. The lowest BCUT2D eigenvalue weighted by Crippen LogP contribution is -2.41. The topological polar surface area (TPSA) is 37.4 Å². The zero-order valence-electron chi connectivity index (χ0n) is 13.9. The van der Waals surface area contributed by atoms with Crippen molar-refractivity contribution in [2.24, 2.45) is 0 Å². The molecule has 2 atom stereocenters. The predicted octanol–water partition coefficient (Wildman–Crippen LogP) is 3.69. The molecule has 1 aliphatic rings. The predicted molar refractivity (Wildman–Crippen MR) is 89.1 cm³/mol. The van der Waals surface area contributed by atoms with E-state index in [0.29, 0.717) is 6.04 Å². The van der Waals surface area contributed by atoms with Gasteiger partial charge in [0.2, 0.25) is 0 Å². The van der Waals surface area contributed by atoms with Crippen molar-refractivity contribution in [2.75, 3.05) is 29.9 Å². The number of aromatic nitrogens is 1. The summed E-state index contributed by atoms with van der Waals surface area (Å²) in [7, 11) is 0. The summed E-state index contributed by atoms with van der Waals surface area (Å²) in [6, 6.07) is 4.72. The first-order valence-corrected chi connectivity index (χ1v) is 8.21. The maximum atomic E-state index is 5.90. The van der Waals surface area contributed by atoms with Crippen LogP contribution in [-0.4, -0.2) is 36.3 Å². The number of ether oxygens (including phenoxy) is 1. The van der Waals surface area contributed by atoms with E-state index in [4.69, 9.17) is 4.74 Å². The largest absolute Gasteiger partial charge is 0.381 e. The average Bonchev–Trinajstić information content (AvgIpc) is 2.50. The second-order valence-corrected chi connectivity index (χ2v) is 6.06. The van der Waals surface area contributed by atoms with E-state index in [1.165, 1.54) is 0 Å². The molecular weight excluding hydrogens is 262 g/mol.